The number of aromatic nitrogens is 10. The van der Waals surface area contributed by atoms with Gasteiger partial charge in [0.15, 0.2) is 23.3 Å². The summed E-state index contributed by atoms with van der Waals surface area (Å²) in [5, 5.41) is 20.1. The Balaban J connectivity index is 0.000000190. The van der Waals surface area contributed by atoms with Crippen LogP contribution in [0.1, 0.15) is 20.7 Å². The largest absolute Gasteiger partial charge is 2.00 e. The molecule has 0 bridgehead atoms. The minimum absolute atomic E-state index is 0. The van der Waals surface area contributed by atoms with E-state index in [2.05, 4.69) is 49.8 Å². The van der Waals surface area contributed by atoms with Gasteiger partial charge >= 0.3 is 27.3 Å². The van der Waals surface area contributed by atoms with E-state index in [1.165, 1.54) is 0 Å². The summed E-state index contributed by atoms with van der Waals surface area (Å²) in [6.07, 6.45) is 17.7. The van der Waals surface area contributed by atoms with Gasteiger partial charge in [-0.1, -0.05) is 0 Å². The Morgan fingerprint density at radius 1 is 0.561 bits per heavy atom. The van der Waals surface area contributed by atoms with Crippen LogP contribution in [0.2, 0.25) is 0 Å². The third-order valence-corrected chi connectivity index (χ3v) is 4.32. The van der Waals surface area contributed by atoms with Gasteiger partial charge in [-0.3, -0.25) is 9.97 Å². The van der Waals surface area contributed by atoms with E-state index in [9.17, 15) is 28.6 Å². The zero-order chi connectivity index (χ0) is 28.7. The van der Waals surface area contributed by atoms with Crippen LogP contribution in [-0.4, -0.2) is 61.8 Å². The fraction of sp³-hybridized carbons (Fsp3) is 0. The van der Waals surface area contributed by atoms with Crippen LogP contribution in [0.15, 0.2) is 86.5 Å². The smallest absolute Gasteiger partial charge is 0.545 e. The normalized spacial score (nSPS) is 9.41. The molecule has 6 aromatic heterocycles. The molecule has 17 heteroatoms. The number of hydrogen-bond acceptors (Lipinski definition) is 10. The Kier molecular flexibility index (Phi) is 13.1. The zero-order valence-corrected chi connectivity index (χ0v) is 24.9. The molecule has 0 saturated heterocycles. The summed E-state index contributed by atoms with van der Waals surface area (Å²) in [7, 11) is 0. The van der Waals surface area contributed by atoms with Crippen molar-refractivity contribution in [2.75, 3.05) is 0 Å². The maximum absolute atomic E-state index is 12.2. The van der Waals surface area contributed by atoms with Crippen LogP contribution in [0.3, 0.4) is 0 Å². The molecule has 14 nitrogen and oxygen atoms in total. The number of rotatable bonds is 4. The molecule has 6 aromatic rings. The van der Waals surface area contributed by atoms with Crippen LogP contribution in [0.5, 0.6) is 0 Å². The number of aromatic amines is 4. The fourth-order valence-electron chi connectivity index (χ4n) is 2.63. The monoisotopic (exact) mass is 662 g/mol. The number of nitrogens with one attached hydrogen (secondary N) is 4. The van der Waals surface area contributed by atoms with Gasteiger partial charge in [0.2, 0.25) is 0 Å². The molecule has 6 rings (SSSR count). The Labute approximate surface area is 249 Å². The van der Waals surface area contributed by atoms with Crippen molar-refractivity contribution in [1.29, 1.82) is 0 Å². The molecule has 0 aliphatic rings. The predicted octanol–water partition coefficient (Wildman–Crippen LogP) is 0.765. The number of carboxylic acid groups (broad SMARTS) is 2. The third kappa shape index (κ3) is 10.9. The summed E-state index contributed by atoms with van der Waals surface area (Å²) in [6, 6.07) is 1.70. The molecule has 0 fully saturated rings. The average molecular weight is 661 g/mol. The maximum Gasteiger partial charge on any atom is 2.00 e. The van der Waals surface area contributed by atoms with Crippen LogP contribution >= 0.6 is 0 Å². The summed E-state index contributed by atoms with van der Waals surface area (Å²) < 4.78 is 24.3. The van der Waals surface area contributed by atoms with Crippen LogP contribution in [0.25, 0.3) is 23.3 Å². The van der Waals surface area contributed by atoms with Crippen molar-refractivity contribution >= 4 is 11.9 Å². The maximum atomic E-state index is 12.2. The van der Waals surface area contributed by atoms with Crippen molar-refractivity contribution in [2.24, 2.45) is 0 Å². The standard InChI is InChI=1S/2C6H4FNO2.2C6H6N4.Cd/c2*7-5-1-4(6(9)10)2-8-3-5;2*1-2-8-5(7-1)6-9-3-4-10-6;/h2*1-3H,(H,9,10);2*1-4H,(H,7,8)(H,9,10);/q;;;;+2/p-2. The Morgan fingerprint density at radius 2 is 0.854 bits per heavy atom. The molecule has 0 saturated carbocycles. The second kappa shape index (κ2) is 16.7. The van der Waals surface area contributed by atoms with Gasteiger partial charge in [0, 0.05) is 73.1 Å². The van der Waals surface area contributed by atoms with Crippen molar-refractivity contribution < 1.29 is 55.9 Å². The van der Waals surface area contributed by atoms with E-state index in [-0.39, 0.29) is 38.4 Å². The van der Waals surface area contributed by atoms with Crippen LogP contribution < -0.4 is 10.2 Å². The predicted molar refractivity (Wildman–Crippen MR) is 129 cm³/mol. The molecule has 41 heavy (non-hydrogen) atoms. The Morgan fingerprint density at radius 3 is 1.02 bits per heavy atom. The van der Waals surface area contributed by atoms with E-state index in [1.54, 1.807) is 49.6 Å². The van der Waals surface area contributed by atoms with Crippen molar-refractivity contribution in [2.45, 2.75) is 0 Å². The fourth-order valence-corrected chi connectivity index (χ4v) is 2.63. The van der Waals surface area contributed by atoms with Crippen LogP contribution in [-0.2, 0) is 27.3 Å². The topological polar surface area (TPSA) is 221 Å². The van der Waals surface area contributed by atoms with Crippen molar-refractivity contribution in [3.05, 3.63) is 109 Å². The van der Waals surface area contributed by atoms with Gasteiger partial charge in [0.25, 0.3) is 0 Å². The Bertz CT molecular complexity index is 1400. The summed E-state index contributed by atoms with van der Waals surface area (Å²) in [6.45, 7) is 0. The first kappa shape index (κ1) is 32.1. The molecule has 0 unspecified atom stereocenters. The molecule has 0 amide bonds. The minimum Gasteiger partial charge on any atom is -0.545 e. The molecule has 204 valence electrons. The summed E-state index contributed by atoms with van der Waals surface area (Å²) in [5.41, 5.74) is -0.500. The molecule has 0 aromatic carbocycles. The first-order valence-electron chi connectivity index (χ1n) is 11.0. The van der Waals surface area contributed by atoms with Crippen molar-refractivity contribution in [1.82, 2.24) is 49.8 Å². The minimum atomic E-state index is -1.42. The number of pyridine rings is 2. The quantitative estimate of drug-likeness (QED) is 0.194. The number of H-pyrrole nitrogens is 4. The molecule has 0 spiro atoms. The van der Waals surface area contributed by atoms with Crippen LogP contribution in [0.4, 0.5) is 8.78 Å². The van der Waals surface area contributed by atoms with Gasteiger partial charge in [0.1, 0.15) is 11.6 Å². The number of hydrogen-bond donors (Lipinski definition) is 4. The second-order valence-electron chi connectivity index (χ2n) is 7.11. The summed E-state index contributed by atoms with van der Waals surface area (Å²) in [4.78, 5) is 54.5. The SMILES string of the molecule is O=C([O-])c1cncc(F)c1.O=C([O-])c1cncc(F)c1.[Cd+2].c1c[nH]c(-c2ncc[nH]2)n1.c1c[nH]c(-c2ncc[nH]2)n1. The van der Waals surface area contributed by atoms with E-state index < -0.39 is 23.6 Å². The second-order valence-corrected chi connectivity index (χ2v) is 7.11. The van der Waals surface area contributed by atoms with Gasteiger partial charge in [-0.05, 0) is 12.1 Å². The van der Waals surface area contributed by atoms with Gasteiger partial charge in [0.05, 0.1) is 24.3 Å². The first-order valence-corrected chi connectivity index (χ1v) is 11.0. The number of nitrogens with zero attached hydrogens (tertiary/aromatic N) is 6. The zero-order valence-electron chi connectivity index (χ0n) is 20.9. The summed E-state index contributed by atoms with van der Waals surface area (Å²) >= 11 is 0. The first-order chi connectivity index (χ1) is 19.3. The molecule has 4 N–H and O–H groups in total. The third-order valence-electron chi connectivity index (χ3n) is 4.32. The molecular formula is C24H18CdF2N10O4. The van der Waals surface area contributed by atoms with E-state index in [0.29, 0.717) is 0 Å². The number of carbonyl (C=O) groups is 2. The van der Waals surface area contributed by atoms with Gasteiger partial charge in [-0.15, -0.1) is 0 Å². The van der Waals surface area contributed by atoms with Crippen molar-refractivity contribution in [3.8, 4) is 23.3 Å². The van der Waals surface area contributed by atoms with E-state index in [0.717, 1.165) is 60.2 Å². The number of imidazole rings is 4. The summed E-state index contributed by atoms with van der Waals surface area (Å²) in [5.74, 6) is -1.13. The Hall–Kier alpha value is -5.14. The van der Waals surface area contributed by atoms with Crippen LogP contribution in [0, 0.1) is 11.6 Å². The molecule has 0 atom stereocenters. The van der Waals surface area contributed by atoms with Crippen molar-refractivity contribution in [3.63, 3.8) is 0 Å². The van der Waals surface area contributed by atoms with E-state index in [1.807, 2.05) is 0 Å². The number of aromatic carboxylic acids is 2. The van der Waals surface area contributed by atoms with Gasteiger partial charge in [-0.2, -0.15) is 0 Å². The number of carbonyl (C=O) groups excluding carboxylic acids is 2. The average Bonchev–Trinajstić information content (AvgIpc) is 3.78. The van der Waals surface area contributed by atoms with Gasteiger partial charge < -0.3 is 39.7 Å². The molecular weight excluding hydrogens is 643 g/mol. The van der Waals surface area contributed by atoms with E-state index in [4.69, 9.17) is 0 Å². The number of halogens is 2. The number of carboxylic acids is 2. The molecule has 6 heterocycles. The molecule has 0 aliphatic heterocycles. The van der Waals surface area contributed by atoms with Gasteiger partial charge in [-0.25, -0.2) is 28.7 Å². The molecule has 0 radical (unpaired) electrons. The van der Waals surface area contributed by atoms with E-state index >= 15 is 0 Å². The molecule has 0 aliphatic carbocycles.